The summed E-state index contributed by atoms with van der Waals surface area (Å²) in [4.78, 5) is 14.4. The van der Waals surface area contributed by atoms with Gasteiger partial charge in [0, 0.05) is 25.0 Å². The van der Waals surface area contributed by atoms with Crippen LogP contribution in [0.1, 0.15) is 40.5 Å². The van der Waals surface area contributed by atoms with Crippen molar-refractivity contribution in [3.63, 3.8) is 0 Å². The number of halogens is 1. The number of rotatable bonds is 3. The standard InChI is InChI=1S/C13H26N2O.ClH/c1-9(2)11(4)13(16)15-7-5-6-10(3)12(15)8-14;/h9-12H,5-8,14H2,1-4H3;1H. The van der Waals surface area contributed by atoms with E-state index in [1.165, 1.54) is 6.42 Å². The first-order valence-corrected chi connectivity index (χ1v) is 6.49. The Morgan fingerprint density at radius 2 is 2.00 bits per heavy atom. The highest BCUT2D eigenvalue weighted by Crippen LogP contribution is 2.25. The summed E-state index contributed by atoms with van der Waals surface area (Å²) in [6, 6.07) is 0.252. The zero-order chi connectivity index (χ0) is 12.3. The van der Waals surface area contributed by atoms with E-state index in [1.807, 2.05) is 11.8 Å². The van der Waals surface area contributed by atoms with E-state index in [9.17, 15) is 4.79 Å². The highest BCUT2D eigenvalue weighted by molar-refractivity contribution is 5.85. The molecular formula is C13H27ClN2O. The van der Waals surface area contributed by atoms with E-state index in [0.29, 0.717) is 18.4 Å². The average molecular weight is 263 g/mol. The lowest BCUT2D eigenvalue weighted by Gasteiger charge is -2.41. The molecule has 0 aromatic carbocycles. The zero-order valence-corrected chi connectivity index (χ0v) is 12.3. The number of nitrogens with zero attached hydrogens (tertiary/aromatic N) is 1. The molecule has 1 amide bonds. The Hall–Kier alpha value is -0.280. The van der Waals surface area contributed by atoms with Crippen LogP contribution in [0.5, 0.6) is 0 Å². The van der Waals surface area contributed by atoms with Gasteiger partial charge in [0.1, 0.15) is 0 Å². The van der Waals surface area contributed by atoms with Crippen molar-refractivity contribution in [3.05, 3.63) is 0 Å². The molecule has 3 atom stereocenters. The van der Waals surface area contributed by atoms with E-state index in [0.717, 1.165) is 13.0 Å². The zero-order valence-electron chi connectivity index (χ0n) is 11.5. The van der Waals surface area contributed by atoms with Gasteiger partial charge in [-0.2, -0.15) is 0 Å². The van der Waals surface area contributed by atoms with E-state index in [4.69, 9.17) is 5.73 Å². The van der Waals surface area contributed by atoms with Crippen molar-refractivity contribution in [1.29, 1.82) is 0 Å². The van der Waals surface area contributed by atoms with Gasteiger partial charge in [-0.3, -0.25) is 4.79 Å². The second-order valence-electron chi connectivity index (χ2n) is 5.49. The number of carbonyl (C=O) groups is 1. The van der Waals surface area contributed by atoms with E-state index >= 15 is 0 Å². The Labute approximate surface area is 112 Å². The molecule has 0 aliphatic carbocycles. The van der Waals surface area contributed by atoms with Crippen LogP contribution in [0.15, 0.2) is 0 Å². The summed E-state index contributed by atoms with van der Waals surface area (Å²) in [6.07, 6.45) is 2.32. The number of likely N-dealkylation sites (tertiary alicyclic amines) is 1. The molecule has 1 heterocycles. The van der Waals surface area contributed by atoms with Crippen molar-refractivity contribution in [2.75, 3.05) is 13.1 Å². The highest BCUT2D eigenvalue weighted by atomic mass is 35.5. The van der Waals surface area contributed by atoms with Gasteiger partial charge in [-0.25, -0.2) is 0 Å². The van der Waals surface area contributed by atoms with Crippen LogP contribution >= 0.6 is 12.4 Å². The maximum atomic E-state index is 12.3. The van der Waals surface area contributed by atoms with Crippen LogP contribution in [0.3, 0.4) is 0 Å². The molecule has 102 valence electrons. The van der Waals surface area contributed by atoms with Crippen LogP contribution in [0.25, 0.3) is 0 Å². The van der Waals surface area contributed by atoms with Crippen molar-refractivity contribution in [2.45, 2.75) is 46.6 Å². The summed E-state index contributed by atoms with van der Waals surface area (Å²) in [6.45, 7) is 9.93. The summed E-state index contributed by atoms with van der Waals surface area (Å²) in [5, 5.41) is 0. The fraction of sp³-hybridized carbons (Fsp3) is 0.923. The van der Waals surface area contributed by atoms with Gasteiger partial charge in [-0.05, 0) is 24.7 Å². The Kier molecular flexibility index (Phi) is 7.10. The van der Waals surface area contributed by atoms with Crippen molar-refractivity contribution >= 4 is 18.3 Å². The Morgan fingerprint density at radius 1 is 1.41 bits per heavy atom. The number of hydrogen-bond acceptors (Lipinski definition) is 2. The van der Waals surface area contributed by atoms with Gasteiger partial charge in [0.25, 0.3) is 0 Å². The molecule has 4 heteroatoms. The van der Waals surface area contributed by atoms with Gasteiger partial charge in [-0.1, -0.05) is 27.7 Å². The molecule has 17 heavy (non-hydrogen) atoms. The summed E-state index contributed by atoms with van der Waals surface area (Å²) < 4.78 is 0. The molecule has 0 radical (unpaired) electrons. The number of carbonyl (C=O) groups excluding carboxylic acids is 1. The molecule has 3 nitrogen and oxygen atoms in total. The lowest BCUT2D eigenvalue weighted by molar-refractivity contribution is -0.141. The molecule has 1 rings (SSSR count). The highest BCUT2D eigenvalue weighted by Gasteiger charge is 2.33. The van der Waals surface area contributed by atoms with Gasteiger partial charge < -0.3 is 10.6 Å². The average Bonchev–Trinajstić information content (AvgIpc) is 2.26. The minimum atomic E-state index is 0. The van der Waals surface area contributed by atoms with Crippen LogP contribution < -0.4 is 5.73 Å². The van der Waals surface area contributed by atoms with Crippen LogP contribution in [-0.4, -0.2) is 29.9 Å². The number of nitrogens with two attached hydrogens (primary N) is 1. The molecule has 0 saturated carbocycles. The number of hydrogen-bond donors (Lipinski definition) is 1. The van der Waals surface area contributed by atoms with Gasteiger partial charge >= 0.3 is 0 Å². The van der Waals surface area contributed by atoms with E-state index in [-0.39, 0.29) is 30.3 Å². The van der Waals surface area contributed by atoms with Crippen molar-refractivity contribution < 1.29 is 4.79 Å². The van der Waals surface area contributed by atoms with E-state index < -0.39 is 0 Å². The molecule has 1 fully saturated rings. The van der Waals surface area contributed by atoms with Crippen LogP contribution in [0, 0.1) is 17.8 Å². The molecule has 3 unspecified atom stereocenters. The molecule has 1 saturated heterocycles. The topological polar surface area (TPSA) is 46.3 Å². The summed E-state index contributed by atoms with van der Waals surface area (Å²) >= 11 is 0. The monoisotopic (exact) mass is 262 g/mol. The molecule has 1 aliphatic rings. The fourth-order valence-corrected chi connectivity index (χ4v) is 2.43. The summed E-state index contributed by atoms with van der Waals surface area (Å²) in [5.74, 6) is 1.35. The Bertz CT molecular complexity index is 246. The predicted molar refractivity (Wildman–Crippen MR) is 74.2 cm³/mol. The minimum Gasteiger partial charge on any atom is -0.338 e. The van der Waals surface area contributed by atoms with Gasteiger partial charge in [0.15, 0.2) is 0 Å². The minimum absolute atomic E-state index is 0. The predicted octanol–water partition coefficient (Wildman–Crippen LogP) is 2.29. The first-order valence-electron chi connectivity index (χ1n) is 6.49. The molecule has 2 N–H and O–H groups in total. The maximum Gasteiger partial charge on any atom is 0.225 e. The SMILES string of the molecule is CC(C)C(C)C(=O)N1CCCC(C)C1CN.Cl. The Morgan fingerprint density at radius 3 is 2.47 bits per heavy atom. The van der Waals surface area contributed by atoms with Crippen molar-refractivity contribution in [3.8, 4) is 0 Å². The molecule has 0 aromatic heterocycles. The lowest BCUT2D eigenvalue weighted by atomic mass is 9.88. The largest absolute Gasteiger partial charge is 0.338 e. The second kappa shape index (κ2) is 7.22. The van der Waals surface area contributed by atoms with E-state index in [1.54, 1.807) is 0 Å². The summed E-state index contributed by atoms with van der Waals surface area (Å²) in [5.41, 5.74) is 5.80. The third kappa shape index (κ3) is 3.85. The molecule has 1 aliphatic heterocycles. The Balaban J connectivity index is 0.00000256. The van der Waals surface area contributed by atoms with Gasteiger partial charge in [0.05, 0.1) is 0 Å². The van der Waals surface area contributed by atoms with Crippen LogP contribution in [-0.2, 0) is 4.79 Å². The third-order valence-electron chi connectivity index (χ3n) is 4.03. The van der Waals surface area contributed by atoms with E-state index in [2.05, 4.69) is 20.8 Å². The second-order valence-corrected chi connectivity index (χ2v) is 5.49. The molecule has 0 bridgehead atoms. The van der Waals surface area contributed by atoms with Gasteiger partial charge in [-0.15, -0.1) is 12.4 Å². The quantitative estimate of drug-likeness (QED) is 0.848. The first kappa shape index (κ1) is 16.7. The first-order chi connectivity index (χ1) is 7.49. The van der Waals surface area contributed by atoms with Gasteiger partial charge in [0.2, 0.25) is 5.91 Å². The number of piperidine rings is 1. The third-order valence-corrected chi connectivity index (χ3v) is 4.03. The molecule has 0 aromatic rings. The normalized spacial score (nSPS) is 26.6. The van der Waals surface area contributed by atoms with Crippen molar-refractivity contribution in [2.24, 2.45) is 23.5 Å². The smallest absolute Gasteiger partial charge is 0.225 e. The fourth-order valence-electron chi connectivity index (χ4n) is 2.43. The molecule has 0 spiro atoms. The summed E-state index contributed by atoms with van der Waals surface area (Å²) in [7, 11) is 0. The van der Waals surface area contributed by atoms with Crippen LogP contribution in [0.4, 0.5) is 0 Å². The van der Waals surface area contributed by atoms with Crippen LogP contribution in [0.2, 0.25) is 0 Å². The maximum absolute atomic E-state index is 12.3. The lowest BCUT2D eigenvalue weighted by Crippen LogP contribution is -2.53. The molecular weight excluding hydrogens is 236 g/mol. The number of amides is 1. The van der Waals surface area contributed by atoms with Crippen molar-refractivity contribution in [1.82, 2.24) is 4.90 Å².